The summed E-state index contributed by atoms with van der Waals surface area (Å²) < 4.78 is 6.55. The van der Waals surface area contributed by atoms with Gasteiger partial charge in [-0.15, -0.1) is 0 Å². The van der Waals surface area contributed by atoms with Crippen LogP contribution in [-0.2, 0) is 0 Å². The molecule has 3 rings (SSSR count). The number of ether oxygens (including phenoxy) is 1. The van der Waals surface area contributed by atoms with E-state index in [-0.39, 0.29) is 11.9 Å². The number of urea groups is 1. The molecule has 0 bridgehead atoms. The van der Waals surface area contributed by atoms with Gasteiger partial charge in [0.1, 0.15) is 5.75 Å². The number of hydrogen-bond donors (Lipinski definition) is 3. The molecule has 0 saturated heterocycles. The molecule has 0 spiro atoms. The number of carbonyl (C=O) groups excluding carboxylic acids is 2. The lowest BCUT2D eigenvalue weighted by Crippen LogP contribution is -2.32. The molecule has 0 aromatic heterocycles. The van der Waals surface area contributed by atoms with Gasteiger partial charge in [0.25, 0.3) is 5.91 Å². The normalized spacial score (nSPS) is 15.8. The fraction of sp³-hybridized carbons (Fsp3) is 0.176. The molecule has 0 radical (unpaired) electrons. The Bertz CT molecular complexity index is 794. The third-order valence-electron chi connectivity index (χ3n) is 3.71. The van der Waals surface area contributed by atoms with Crippen molar-refractivity contribution in [2.45, 2.75) is 12.5 Å². The maximum Gasteiger partial charge on any atom is 0.316 e. The number of carbonyl (C=O) groups is 2. The lowest BCUT2D eigenvalue weighted by Gasteiger charge is -2.27. The number of primary amides is 1. The highest BCUT2D eigenvalue weighted by Crippen LogP contribution is 2.34. The summed E-state index contributed by atoms with van der Waals surface area (Å²) in [7, 11) is 0. The van der Waals surface area contributed by atoms with Gasteiger partial charge in [0, 0.05) is 27.7 Å². The van der Waals surface area contributed by atoms with Gasteiger partial charge in [0.15, 0.2) is 0 Å². The molecule has 2 aromatic rings. The van der Waals surface area contributed by atoms with Crippen LogP contribution < -0.4 is 21.1 Å². The zero-order valence-electron chi connectivity index (χ0n) is 12.7. The molecule has 1 atom stereocenters. The van der Waals surface area contributed by atoms with Crippen LogP contribution in [0, 0.1) is 0 Å². The second kappa shape index (κ2) is 6.92. The second-order valence-corrected chi connectivity index (χ2v) is 6.33. The number of nitrogens with one attached hydrogen (secondary N) is 2. The molecule has 1 unspecified atom stereocenters. The average Bonchev–Trinajstić information content (AvgIpc) is 2.55. The number of anilines is 1. The maximum absolute atomic E-state index is 12.5. The Morgan fingerprint density at radius 3 is 2.83 bits per heavy atom. The molecule has 6 nitrogen and oxygen atoms in total. The molecular formula is C17H16BrN3O3. The summed E-state index contributed by atoms with van der Waals surface area (Å²) in [5.74, 6) is 0.555. The molecule has 2 aromatic carbocycles. The Morgan fingerprint density at radius 2 is 2.04 bits per heavy atom. The van der Waals surface area contributed by atoms with Crippen molar-refractivity contribution in [1.82, 2.24) is 5.32 Å². The zero-order valence-corrected chi connectivity index (χ0v) is 14.3. The first-order chi connectivity index (χ1) is 11.5. The summed E-state index contributed by atoms with van der Waals surface area (Å²) in [5, 5.41) is 5.47. The van der Waals surface area contributed by atoms with Crippen molar-refractivity contribution in [1.29, 1.82) is 0 Å². The fourth-order valence-electron chi connectivity index (χ4n) is 2.64. The van der Waals surface area contributed by atoms with E-state index in [0.717, 1.165) is 15.8 Å². The Kier molecular flexibility index (Phi) is 4.71. The van der Waals surface area contributed by atoms with Gasteiger partial charge >= 0.3 is 6.03 Å². The van der Waals surface area contributed by atoms with E-state index in [9.17, 15) is 9.59 Å². The fourth-order valence-corrected chi connectivity index (χ4v) is 3.02. The molecule has 0 saturated carbocycles. The van der Waals surface area contributed by atoms with Gasteiger partial charge < -0.3 is 21.1 Å². The first kappa shape index (κ1) is 16.3. The number of halogens is 1. The van der Waals surface area contributed by atoms with Gasteiger partial charge in [-0.05, 0) is 36.4 Å². The Labute approximate surface area is 147 Å². The number of nitrogens with two attached hydrogens (primary N) is 1. The monoisotopic (exact) mass is 389 g/mol. The molecule has 1 aliphatic heterocycles. The highest BCUT2D eigenvalue weighted by atomic mass is 79.9. The van der Waals surface area contributed by atoms with Gasteiger partial charge in [-0.2, -0.15) is 0 Å². The van der Waals surface area contributed by atoms with Crippen molar-refractivity contribution in [3.05, 3.63) is 58.1 Å². The Morgan fingerprint density at radius 1 is 1.21 bits per heavy atom. The Hall–Kier alpha value is -2.54. The Balaban J connectivity index is 1.79. The summed E-state index contributed by atoms with van der Waals surface area (Å²) in [4.78, 5) is 23.5. The van der Waals surface area contributed by atoms with Crippen LogP contribution in [0.1, 0.15) is 28.4 Å². The first-order valence-corrected chi connectivity index (χ1v) is 8.22. The summed E-state index contributed by atoms with van der Waals surface area (Å²) in [6, 6.07) is 11.6. The minimum absolute atomic E-state index is 0.133. The molecular weight excluding hydrogens is 374 g/mol. The highest BCUT2D eigenvalue weighted by Gasteiger charge is 2.23. The highest BCUT2D eigenvalue weighted by molar-refractivity contribution is 9.10. The van der Waals surface area contributed by atoms with Crippen LogP contribution in [0.4, 0.5) is 10.5 Å². The molecule has 7 heteroatoms. The van der Waals surface area contributed by atoms with E-state index in [1.165, 1.54) is 0 Å². The number of rotatable bonds is 3. The maximum atomic E-state index is 12.5. The molecule has 0 fully saturated rings. The van der Waals surface area contributed by atoms with E-state index in [1.807, 2.05) is 18.2 Å². The molecule has 0 aliphatic carbocycles. The number of hydrogen-bond acceptors (Lipinski definition) is 3. The number of fused-ring (bicyclic) bond motifs is 1. The van der Waals surface area contributed by atoms with Crippen molar-refractivity contribution in [2.75, 3.05) is 11.9 Å². The third kappa shape index (κ3) is 3.68. The van der Waals surface area contributed by atoms with Gasteiger partial charge in [-0.25, -0.2) is 4.79 Å². The molecule has 124 valence electrons. The quantitative estimate of drug-likeness (QED) is 0.752. The minimum atomic E-state index is -0.671. The summed E-state index contributed by atoms with van der Waals surface area (Å²) in [5.41, 5.74) is 6.96. The van der Waals surface area contributed by atoms with Crippen LogP contribution in [0.15, 0.2) is 46.9 Å². The average molecular weight is 390 g/mol. The largest absolute Gasteiger partial charge is 0.493 e. The van der Waals surface area contributed by atoms with Crippen molar-refractivity contribution >= 4 is 33.6 Å². The number of benzene rings is 2. The lowest BCUT2D eigenvalue weighted by molar-refractivity contribution is 0.0924. The van der Waals surface area contributed by atoms with Gasteiger partial charge in [-0.1, -0.05) is 22.0 Å². The first-order valence-electron chi connectivity index (χ1n) is 7.42. The number of amides is 3. The second-order valence-electron chi connectivity index (χ2n) is 5.42. The zero-order chi connectivity index (χ0) is 17.1. The van der Waals surface area contributed by atoms with Crippen molar-refractivity contribution < 1.29 is 14.3 Å². The molecule has 4 N–H and O–H groups in total. The van der Waals surface area contributed by atoms with Crippen LogP contribution in [0.2, 0.25) is 0 Å². The predicted molar refractivity (Wildman–Crippen MR) is 94.1 cm³/mol. The summed E-state index contributed by atoms with van der Waals surface area (Å²) >= 11 is 3.44. The van der Waals surface area contributed by atoms with Crippen molar-refractivity contribution in [2.24, 2.45) is 5.73 Å². The van der Waals surface area contributed by atoms with E-state index in [2.05, 4.69) is 26.6 Å². The van der Waals surface area contributed by atoms with Gasteiger partial charge in [0.2, 0.25) is 0 Å². The topological polar surface area (TPSA) is 93.5 Å². The standard InChI is InChI=1S/C17H16BrN3O3/c18-11-4-5-15-13(9-11)14(6-7-24-15)21-16(22)10-2-1-3-12(8-10)20-17(19)23/h1-5,8-9,14H,6-7H2,(H,21,22)(H3,19,20,23). The lowest BCUT2D eigenvalue weighted by atomic mass is 10.00. The SMILES string of the molecule is NC(=O)Nc1cccc(C(=O)NC2CCOc3ccc(Br)cc32)c1. The van der Waals surface area contributed by atoms with Gasteiger partial charge in [-0.3, -0.25) is 4.79 Å². The van der Waals surface area contributed by atoms with Crippen LogP contribution in [0.25, 0.3) is 0 Å². The predicted octanol–water partition coefficient (Wildman–Crippen LogP) is 3.19. The van der Waals surface area contributed by atoms with E-state index in [4.69, 9.17) is 10.5 Å². The van der Waals surface area contributed by atoms with Crippen LogP contribution in [0.5, 0.6) is 5.75 Å². The van der Waals surface area contributed by atoms with E-state index in [1.54, 1.807) is 24.3 Å². The van der Waals surface area contributed by atoms with Crippen molar-refractivity contribution in [3.8, 4) is 5.75 Å². The molecule has 1 heterocycles. The molecule has 1 aliphatic rings. The summed E-state index contributed by atoms with van der Waals surface area (Å²) in [6.45, 7) is 0.544. The minimum Gasteiger partial charge on any atom is -0.493 e. The van der Waals surface area contributed by atoms with Gasteiger partial charge in [0.05, 0.1) is 12.6 Å². The van der Waals surface area contributed by atoms with E-state index < -0.39 is 6.03 Å². The van der Waals surface area contributed by atoms with Crippen LogP contribution in [0.3, 0.4) is 0 Å². The van der Waals surface area contributed by atoms with E-state index in [0.29, 0.717) is 24.3 Å². The summed E-state index contributed by atoms with van der Waals surface area (Å²) in [6.07, 6.45) is 0.689. The molecule has 3 amide bonds. The van der Waals surface area contributed by atoms with E-state index >= 15 is 0 Å². The van der Waals surface area contributed by atoms with Crippen LogP contribution in [-0.4, -0.2) is 18.5 Å². The van der Waals surface area contributed by atoms with Crippen LogP contribution >= 0.6 is 15.9 Å². The third-order valence-corrected chi connectivity index (χ3v) is 4.20. The molecule has 24 heavy (non-hydrogen) atoms. The van der Waals surface area contributed by atoms with Crippen molar-refractivity contribution in [3.63, 3.8) is 0 Å². The smallest absolute Gasteiger partial charge is 0.316 e.